The first-order valence-corrected chi connectivity index (χ1v) is 4.52. The molecule has 14 heavy (non-hydrogen) atoms. The highest BCUT2D eigenvalue weighted by Gasteiger charge is 2.19. The highest BCUT2D eigenvalue weighted by atomic mass is 32.1. The summed E-state index contributed by atoms with van der Waals surface area (Å²) in [6, 6.07) is 1.30. The molecule has 1 unspecified atom stereocenters. The second-order valence-corrected chi connectivity index (χ2v) is 3.41. The number of carboxylic acids is 1. The highest BCUT2D eigenvalue weighted by molar-refractivity contribution is 7.10. The van der Waals surface area contributed by atoms with Gasteiger partial charge in [-0.05, 0) is 6.07 Å². The minimum Gasteiger partial charge on any atom is -0.479 e. The Kier molecular flexibility index (Phi) is 3.21. The van der Waals surface area contributed by atoms with Crippen LogP contribution in [0.15, 0.2) is 11.4 Å². The molecule has 6 heteroatoms. The van der Waals surface area contributed by atoms with Gasteiger partial charge in [-0.1, -0.05) is 0 Å². The summed E-state index contributed by atoms with van der Waals surface area (Å²) in [5.41, 5.74) is 0.243. The molecule has 0 spiro atoms. The predicted molar refractivity (Wildman–Crippen MR) is 48.3 cm³/mol. The summed E-state index contributed by atoms with van der Waals surface area (Å²) in [5, 5.41) is 19.0. The van der Waals surface area contributed by atoms with Gasteiger partial charge >= 0.3 is 11.9 Å². The number of aliphatic carboxylic acids is 1. The van der Waals surface area contributed by atoms with Crippen LogP contribution in [0, 0.1) is 0 Å². The first-order chi connectivity index (χ1) is 6.56. The van der Waals surface area contributed by atoms with E-state index in [-0.39, 0.29) is 10.4 Å². The molecule has 0 aliphatic rings. The van der Waals surface area contributed by atoms with E-state index in [0.717, 1.165) is 11.3 Å². The van der Waals surface area contributed by atoms with Crippen molar-refractivity contribution in [2.75, 3.05) is 7.11 Å². The molecule has 1 aromatic rings. The third-order valence-corrected chi connectivity index (χ3v) is 2.53. The number of hydrogen-bond acceptors (Lipinski definition) is 5. The molecule has 1 rings (SSSR count). The maximum absolute atomic E-state index is 11.0. The fraction of sp³-hybridized carbons (Fsp3) is 0.250. The first kappa shape index (κ1) is 10.7. The van der Waals surface area contributed by atoms with Crippen LogP contribution in [0.2, 0.25) is 0 Å². The maximum atomic E-state index is 11.0. The quantitative estimate of drug-likeness (QED) is 0.725. The topological polar surface area (TPSA) is 83.8 Å². The van der Waals surface area contributed by atoms with Crippen LogP contribution in [0.1, 0.15) is 21.3 Å². The van der Waals surface area contributed by atoms with E-state index in [4.69, 9.17) is 10.2 Å². The van der Waals surface area contributed by atoms with Crippen LogP contribution in [0.3, 0.4) is 0 Å². The lowest BCUT2D eigenvalue weighted by Gasteiger charge is -1.99. The number of carbonyl (C=O) groups is 2. The second-order valence-electron chi connectivity index (χ2n) is 2.47. The molecule has 0 amide bonds. The molecular weight excluding hydrogens is 208 g/mol. The molecule has 5 nitrogen and oxygen atoms in total. The van der Waals surface area contributed by atoms with Crippen molar-refractivity contribution in [2.24, 2.45) is 0 Å². The Bertz CT molecular complexity index is 356. The number of hydrogen-bond donors (Lipinski definition) is 2. The number of ether oxygens (including phenoxy) is 1. The monoisotopic (exact) mass is 216 g/mol. The van der Waals surface area contributed by atoms with Crippen molar-refractivity contribution in [2.45, 2.75) is 6.10 Å². The molecule has 0 saturated heterocycles. The molecule has 0 radical (unpaired) electrons. The van der Waals surface area contributed by atoms with E-state index in [0.29, 0.717) is 0 Å². The van der Waals surface area contributed by atoms with Crippen molar-refractivity contribution < 1.29 is 24.5 Å². The van der Waals surface area contributed by atoms with Gasteiger partial charge in [0, 0.05) is 10.3 Å². The Labute approximate surface area is 83.6 Å². The Hall–Kier alpha value is -1.40. The molecule has 0 aliphatic heterocycles. The van der Waals surface area contributed by atoms with E-state index in [1.807, 2.05) is 0 Å². The van der Waals surface area contributed by atoms with E-state index in [9.17, 15) is 9.59 Å². The van der Waals surface area contributed by atoms with Gasteiger partial charge in [-0.2, -0.15) is 0 Å². The molecule has 0 saturated carbocycles. The van der Waals surface area contributed by atoms with E-state index < -0.39 is 18.0 Å². The molecule has 76 valence electrons. The third kappa shape index (κ3) is 2.09. The summed E-state index contributed by atoms with van der Waals surface area (Å²) in [6.07, 6.45) is -1.58. The largest absolute Gasteiger partial charge is 0.479 e. The van der Waals surface area contributed by atoms with E-state index in [1.165, 1.54) is 18.6 Å². The second kappa shape index (κ2) is 4.21. The van der Waals surface area contributed by atoms with Crippen molar-refractivity contribution in [1.82, 2.24) is 0 Å². The highest BCUT2D eigenvalue weighted by Crippen LogP contribution is 2.22. The molecule has 1 aromatic heterocycles. The molecule has 0 fully saturated rings. The van der Waals surface area contributed by atoms with Gasteiger partial charge in [0.25, 0.3) is 0 Å². The minimum absolute atomic E-state index is 0.206. The predicted octanol–water partition coefficient (Wildman–Crippen LogP) is 0.653. The third-order valence-electron chi connectivity index (χ3n) is 1.54. The van der Waals surface area contributed by atoms with Crippen molar-refractivity contribution in [3.63, 3.8) is 0 Å². The van der Waals surface area contributed by atoms with Gasteiger partial charge in [0.05, 0.1) is 12.7 Å². The number of aliphatic hydroxyl groups is 1. The molecular formula is C8H8O5S. The molecule has 0 bridgehead atoms. The lowest BCUT2D eigenvalue weighted by molar-refractivity contribution is -0.146. The van der Waals surface area contributed by atoms with Crippen LogP contribution in [-0.2, 0) is 9.53 Å². The average molecular weight is 216 g/mol. The SMILES string of the molecule is COC(=O)c1csc(C(O)C(=O)O)c1. The molecule has 1 heterocycles. The Balaban J connectivity index is 2.88. The van der Waals surface area contributed by atoms with Gasteiger partial charge in [-0.15, -0.1) is 11.3 Å². The first-order valence-electron chi connectivity index (χ1n) is 3.64. The van der Waals surface area contributed by atoms with Gasteiger partial charge in [0.1, 0.15) is 0 Å². The zero-order valence-electron chi connectivity index (χ0n) is 7.26. The van der Waals surface area contributed by atoms with Gasteiger partial charge in [0.2, 0.25) is 0 Å². The van der Waals surface area contributed by atoms with Crippen LogP contribution in [0.4, 0.5) is 0 Å². The standard InChI is InChI=1S/C8H8O5S/c1-13-8(12)4-2-5(14-3-4)6(9)7(10)11/h2-3,6,9H,1H3,(H,10,11). The maximum Gasteiger partial charge on any atom is 0.338 e. The number of carboxylic acid groups (broad SMARTS) is 1. The normalized spacial score (nSPS) is 12.1. The number of methoxy groups -OCH3 is 1. The van der Waals surface area contributed by atoms with Gasteiger partial charge in [-0.25, -0.2) is 9.59 Å². The van der Waals surface area contributed by atoms with E-state index in [2.05, 4.69) is 4.74 Å². The zero-order valence-corrected chi connectivity index (χ0v) is 8.08. The lowest BCUT2D eigenvalue weighted by atomic mass is 10.2. The molecule has 1 atom stereocenters. The van der Waals surface area contributed by atoms with Crippen molar-refractivity contribution in [3.05, 3.63) is 21.9 Å². The summed E-state index contributed by atoms with van der Waals surface area (Å²) >= 11 is 0.998. The van der Waals surface area contributed by atoms with Gasteiger partial charge in [0.15, 0.2) is 6.10 Å². The molecule has 2 N–H and O–H groups in total. The fourth-order valence-corrected chi connectivity index (χ4v) is 1.69. The Morgan fingerprint density at radius 3 is 2.71 bits per heavy atom. The smallest absolute Gasteiger partial charge is 0.338 e. The summed E-state index contributed by atoms with van der Waals surface area (Å²) in [4.78, 5) is 21.6. The molecule has 0 aliphatic carbocycles. The van der Waals surface area contributed by atoms with Crippen molar-refractivity contribution in [1.29, 1.82) is 0 Å². The number of aliphatic hydroxyl groups excluding tert-OH is 1. The fourth-order valence-electron chi connectivity index (χ4n) is 0.843. The van der Waals surface area contributed by atoms with E-state index >= 15 is 0 Å². The number of esters is 1. The summed E-state index contributed by atoms with van der Waals surface area (Å²) in [6.45, 7) is 0. The minimum atomic E-state index is -1.58. The van der Waals surface area contributed by atoms with Crippen LogP contribution in [0.5, 0.6) is 0 Å². The van der Waals surface area contributed by atoms with Crippen LogP contribution < -0.4 is 0 Å². The molecule has 0 aromatic carbocycles. The number of thiophene rings is 1. The number of carbonyl (C=O) groups excluding carboxylic acids is 1. The van der Waals surface area contributed by atoms with Gasteiger partial charge in [-0.3, -0.25) is 0 Å². The van der Waals surface area contributed by atoms with Crippen LogP contribution in [-0.4, -0.2) is 29.3 Å². The number of rotatable bonds is 3. The Morgan fingerprint density at radius 1 is 1.57 bits per heavy atom. The lowest BCUT2D eigenvalue weighted by Crippen LogP contribution is -2.08. The summed E-state index contributed by atoms with van der Waals surface area (Å²) < 4.78 is 4.43. The van der Waals surface area contributed by atoms with Gasteiger partial charge < -0.3 is 14.9 Å². The zero-order chi connectivity index (χ0) is 10.7. The van der Waals surface area contributed by atoms with Crippen molar-refractivity contribution >= 4 is 23.3 Å². The van der Waals surface area contributed by atoms with Crippen molar-refractivity contribution in [3.8, 4) is 0 Å². The summed E-state index contributed by atoms with van der Waals surface area (Å²) in [7, 11) is 1.23. The van der Waals surface area contributed by atoms with Crippen LogP contribution >= 0.6 is 11.3 Å². The summed E-state index contributed by atoms with van der Waals surface area (Å²) in [5.74, 6) is -1.90. The average Bonchev–Trinajstić information content (AvgIpc) is 2.64. The van der Waals surface area contributed by atoms with Crippen LogP contribution in [0.25, 0.3) is 0 Å². The van der Waals surface area contributed by atoms with E-state index in [1.54, 1.807) is 0 Å². The Morgan fingerprint density at radius 2 is 2.21 bits per heavy atom.